The molecule has 2 N–H and O–H groups in total. The van der Waals surface area contributed by atoms with Crippen molar-refractivity contribution in [2.75, 3.05) is 13.1 Å². The smallest absolute Gasteiger partial charge is 0.232 e. The van der Waals surface area contributed by atoms with Crippen LogP contribution in [0.25, 0.3) is 0 Å². The van der Waals surface area contributed by atoms with Gasteiger partial charge in [0.05, 0.1) is 11.5 Å². The number of halogens is 1. The van der Waals surface area contributed by atoms with E-state index in [-0.39, 0.29) is 11.9 Å². The molecule has 114 valence electrons. The predicted octanol–water partition coefficient (Wildman–Crippen LogP) is 3.06. The van der Waals surface area contributed by atoms with Gasteiger partial charge in [-0.3, -0.25) is 4.79 Å². The maximum absolute atomic E-state index is 12.8. The highest BCUT2D eigenvalue weighted by atomic mass is 35.5. The van der Waals surface area contributed by atoms with Gasteiger partial charge in [0, 0.05) is 18.1 Å². The number of amides is 1. The Morgan fingerprint density at radius 2 is 1.73 bits per heavy atom. The van der Waals surface area contributed by atoms with Crippen LogP contribution >= 0.6 is 11.6 Å². The zero-order chi connectivity index (χ0) is 15.6. The zero-order valence-electron chi connectivity index (χ0n) is 12.5. The Bertz CT molecular complexity index is 657. The van der Waals surface area contributed by atoms with Crippen molar-refractivity contribution < 1.29 is 4.79 Å². The summed E-state index contributed by atoms with van der Waals surface area (Å²) in [5.74, 6) is 0.0450. The second-order valence-electron chi connectivity index (χ2n) is 5.76. The van der Waals surface area contributed by atoms with E-state index in [1.165, 1.54) is 0 Å². The standard InChI is InChI=1S/C18H19ClN2O/c1-18(14-5-3-2-4-6-14)16(20-11-12-21-17(18)22)13-7-9-15(19)10-8-13/h2-10,16,20H,11-12H2,1H3,(H,21,22)/t16-,18-/m1/s1. The van der Waals surface area contributed by atoms with Crippen molar-refractivity contribution in [3.8, 4) is 0 Å². The van der Waals surface area contributed by atoms with E-state index in [0.717, 1.165) is 17.7 Å². The van der Waals surface area contributed by atoms with Crippen LogP contribution in [-0.2, 0) is 10.2 Å². The summed E-state index contributed by atoms with van der Waals surface area (Å²) in [5, 5.41) is 7.23. The van der Waals surface area contributed by atoms with E-state index >= 15 is 0 Å². The molecular weight excluding hydrogens is 296 g/mol. The van der Waals surface area contributed by atoms with E-state index in [1.54, 1.807) is 0 Å². The number of hydrogen-bond acceptors (Lipinski definition) is 2. The summed E-state index contributed by atoms with van der Waals surface area (Å²) in [4.78, 5) is 12.8. The summed E-state index contributed by atoms with van der Waals surface area (Å²) in [6.45, 7) is 3.36. The topological polar surface area (TPSA) is 41.1 Å². The molecule has 1 aliphatic heterocycles. The van der Waals surface area contributed by atoms with Gasteiger partial charge in [0.2, 0.25) is 5.91 Å². The summed E-state index contributed by atoms with van der Waals surface area (Å²) in [6.07, 6.45) is 0. The second-order valence-corrected chi connectivity index (χ2v) is 6.20. The molecule has 2 aromatic carbocycles. The number of benzene rings is 2. The monoisotopic (exact) mass is 314 g/mol. The van der Waals surface area contributed by atoms with Crippen LogP contribution in [0.1, 0.15) is 24.1 Å². The van der Waals surface area contributed by atoms with Gasteiger partial charge in [-0.15, -0.1) is 0 Å². The Balaban J connectivity index is 2.11. The Hall–Kier alpha value is -1.84. The third-order valence-corrected chi connectivity index (χ3v) is 4.64. The number of hydrogen-bond donors (Lipinski definition) is 2. The third kappa shape index (κ3) is 2.62. The SMILES string of the molecule is C[C@]1(c2ccccc2)C(=O)NCCN[C@@H]1c1ccc(Cl)cc1. The lowest BCUT2D eigenvalue weighted by Gasteiger charge is -2.35. The molecule has 2 aromatic rings. The minimum absolute atomic E-state index is 0.0450. The van der Waals surface area contributed by atoms with E-state index in [2.05, 4.69) is 10.6 Å². The molecule has 0 bridgehead atoms. The van der Waals surface area contributed by atoms with Crippen LogP contribution in [0.2, 0.25) is 5.02 Å². The highest BCUT2D eigenvalue weighted by Crippen LogP contribution is 2.38. The van der Waals surface area contributed by atoms with Crippen LogP contribution in [0.5, 0.6) is 0 Å². The first kappa shape index (κ1) is 15.1. The van der Waals surface area contributed by atoms with Gasteiger partial charge in [-0.25, -0.2) is 0 Å². The molecule has 1 amide bonds. The van der Waals surface area contributed by atoms with Crippen LogP contribution in [0.4, 0.5) is 0 Å². The van der Waals surface area contributed by atoms with Crippen molar-refractivity contribution in [2.45, 2.75) is 18.4 Å². The van der Waals surface area contributed by atoms with Crippen LogP contribution in [0.15, 0.2) is 54.6 Å². The predicted molar refractivity (Wildman–Crippen MR) is 89.0 cm³/mol. The first-order valence-corrected chi connectivity index (χ1v) is 7.83. The molecule has 0 spiro atoms. The largest absolute Gasteiger partial charge is 0.354 e. The zero-order valence-corrected chi connectivity index (χ0v) is 13.2. The molecule has 0 unspecified atom stereocenters. The molecule has 1 heterocycles. The molecule has 0 saturated carbocycles. The van der Waals surface area contributed by atoms with Crippen LogP contribution in [-0.4, -0.2) is 19.0 Å². The lowest BCUT2D eigenvalue weighted by atomic mass is 9.72. The molecule has 1 saturated heterocycles. The molecule has 1 aliphatic rings. The number of carbonyl (C=O) groups is 1. The van der Waals surface area contributed by atoms with Gasteiger partial charge in [-0.1, -0.05) is 54.1 Å². The van der Waals surface area contributed by atoms with Crippen molar-refractivity contribution in [1.29, 1.82) is 0 Å². The Morgan fingerprint density at radius 3 is 2.41 bits per heavy atom. The van der Waals surface area contributed by atoms with Gasteiger partial charge >= 0.3 is 0 Å². The molecule has 2 atom stereocenters. The maximum Gasteiger partial charge on any atom is 0.232 e. The van der Waals surface area contributed by atoms with Gasteiger partial charge in [-0.05, 0) is 30.2 Å². The minimum atomic E-state index is -0.675. The fourth-order valence-corrected chi connectivity index (χ4v) is 3.23. The van der Waals surface area contributed by atoms with Crippen molar-refractivity contribution in [3.05, 3.63) is 70.7 Å². The van der Waals surface area contributed by atoms with Crippen LogP contribution < -0.4 is 10.6 Å². The maximum atomic E-state index is 12.8. The molecular formula is C18H19ClN2O. The minimum Gasteiger partial charge on any atom is -0.354 e. The average molecular weight is 315 g/mol. The summed E-state index contributed by atoms with van der Waals surface area (Å²) in [5.41, 5.74) is 1.39. The first-order chi connectivity index (χ1) is 10.6. The molecule has 22 heavy (non-hydrogen) atoms. The van der Waals surface area contributed by atoms with Crippen molar-refractivity contribution in [3.63, 3.8) is 0 Å². The number of nitrogens with one attached hydrogen (secondary N) is 2. The molecule has 0 aromatic heterocycles. The van der Waals surface area contributed by atoms with Crippen molar-refractivity contribution >= 4 is 17.5 Å². The van der Waals surface area contributed by atoms with E-state index in [1.807, 2.05) is 61.5 Å². The number of rotatable bonds is 2. The number of carbonyl (C=O) groups excluding carboxylic acids is 1. The summed E-state index contributed by atoms with van der Waals surface area (Å²) >= 11 is 6.00. The Labute approximate surface area is 135 Å². The highest BCUT2D eigenvalue weighted by Gasteiger charge is 2.44. The Kier molecular flexibility index (Phi) is 4.19. The normalized spacial score (nSPS) is 25.4. The second kappa shape index (κ2) is 6.11. The quantitative estimate of drug-likeness (QED) is 0.894. The van der Waals surface area contributed by atoms with E-state index in [9.17, 15) is 4.79 Å². The van der Waals surface area contributed by atoms with Gasteiger partial charge in [0.25, 0.3) is 0 Å². The summed E-state index contributed by atoms with van der Waals surface area (Å²) in [7, 11) is 0. The molecule has 4 heteroatoms. The van der Waals surface area contributed by atoms with E-state index in [4.69, 9.17) is 11.6 Å². The van der Waals surface area contributed by atoms with Gasteiger partial charge in [-0.2, -0.15) is 0 Å². The lowest BCUT2D eigenvalue weighted by molar-refractivity contribution is -0.126. The Morgan fingerprint density at radius 1 is 1.05 bits per heavy atom. The lowest BCUT2D eigenvalue weighted by Crippen LogP contribution is -2.47. The van der Waals surface area contributed by atoms with E-state index in [0.29, 0.717) is 11.6 Å². The van der Waals surface area contributed by atoms with Gasteiger partial charge < -0.3 is 10.6 Å². The molecule has 0 radical (unpaired) electrons. The van der Waals surface area contributed by atoms with Crippen molar-refractivity contribution in [1.82, 2.24) is 10.6 Å². The fourth-order valence-electron chi connectivity index (χ4n) is 3.10. The van der Waals surface area contributed by atoms with Crippen LogP contribution in [0.3, 0.4) is 0 Å². The van der Waals surface area contributed by atoms with Crippen LogP contribution in [0, 0.1) is 0 Å². The van der Waals surface area contributed by atoms with E-state index < -0.39 is 5.41 Å². The third-order valence-electron chi connectivity index (χ3n) is 4.38. The summed E-state index contributed by atoms with van der Waals surface area (Å²) < 4.78 is 0. The molecule has 3 nitrogen and oxygen atoms in total. The summed E-state index contributed by atoms with van der Waals surface area (Å²) in [6, 6.07) is 17.5. The van der Waals surface area contributed by atoms with Gasteiger partial charge in [0.15, 0.2) is 0 Å². The molecule has 1 fully saturated rings. The fraction of sp³-hybridized carbons (Fsp3) is 0.278. The van der Waals surface area contributed by atoms with Crippen molar-refractivity contribution in [2.24, 2.45) is 0 Å². The molecule has 3 rings (SSSR count). The molecule has 0 aliphatic carbocycles. The highest BCUT2D eigenvalue weighted by molar-refractivity contribution is 6.30. The first-order valence-electron chi connectivity index (χ1n) is 7.45. The van der Waals surface area contributed by atoms with Gasteiger partial charge in [0.1, 0.15) is 0 Å². The average Bonchev–Trinajstić information content (AvgIpc) is 2.70.